The Morgan fingerprint density at radius 2 is 2.09 bits per heavy atom. The molecule has 0 aliphatic rings. The first-order chi connectivity index (χ1) is 10.3. The summed E-state index contributed by atoms with van der Waals surface area (Å²) in [5.41, 5.74) is 0.808. The molecular weight excluding hydrogens is 289 g/mol. The summed E-state index contributed by atoms with van der Waals surface area (Å²) in [4.78, 5) is 11.7. The first-order valence-electron chi connectivity index (χ1n) is 6.75. The number of nitrogens with zero attached hydrogens (tertiary/aromatic N) is 2. The van der Waals surface area contributed by atoms with E-state index in [9.17, 15) is 13.6 Å². The molecular formula is C15H17BF2N2O2. The molecule has 0 aliphatic heterocycles. The summed E-state index contributed by atoms with van der Waals surface area (Å²) < 4.78 is 36.5. The van der Waals surface area contributed by atoms with E-state index in [0.717, 1.165) is 7.28 Å². The number of halogens is 2. The number of esters is 1. The Morgan fingerprint density at radius 3 is 2.68 bits per heavy atom. The van der Waals surface area contributed by atoms with Gasteiger partial charge in [0.1, 0.15) is 12.4 Å². The molecule has 0 N–H and O–H groups in total. The van der Waals surface area contributed by atoms with Crippen LogP contribution in [-0.4, -0.2) is 30.7 Å². The quantitative estimate of drug-likeness (QED) is 0.465. The Hall–Kier alpha value is -2.18. The standard InChI is InChI=1S/C15H17BF2N2O2/c1-19-8-9-20(2)14(19)16-15(17,18)10-11-6-4-5-7-12(11)13(21)22-3/h4-9H,10H2,1-3H3. The number of alkyl halides is 2. The van der Waals surface area contributed by atoms with Crippen LogP contribution in [0.1, 0.15) is 15.9 Å². The Kier molecular flexibility index (Phi) is 4.64. The zero-order valence-electron chi connectivity index (χ0n) is 12.7. The van der Waals surface area contributed by atoms with Gasteiger partial charge in [0.2, 0.25) is 0 Å². The normalized spacial score (nSPS) is 11.5. The predicted molar refractivity (Wildman–Crippen MR) is 78.4 cm³/mol. The van der Waals surface area contributed by atoms with E-state index in [1.54, 1.807) is 47.8 Å². The Balaban J connectivity index is 2.24. The summed E-state index contributed by atoms with van der Waals surface area (Å²) in [7, 11) is 5.53. The van der Waals surface area contributed by atoms with Crippen LogP contribution in [0.25, 0.3) is 0 Å². The van der Waals surface area contributed by atoms with Gasteiger partial charge in [-0.05, 0) is 18.1 Å². The Labute approximate surface area is 128 Å². The molecule has 1 aromatic heterocycles. The maximum Gasteiger partial charge on any atom is 0.338 e. The van der Waals surface area contributed by atoms with Gasteiger partial charge in [0.25, 0.3) is 0 Å². The zero-order valence-corrected chi connectivity index (χ0v) is 12.7. The number of carbonyl (C=O) groups is 1. The van der Waals surface area contributed by atoms with Crippen molar-refractivity contribution < 1.29 is 22.9 Å². The van der Waals surface area contributed by atoms with Crippen LogP contribution >= 0.6 is 0 Å². The summed E-state index contributed by atoms with van der Waals surface area (Å²) in [6, 6.07) is 6.24. The molecule has 0 saturated heterocycles. The molecule has 1 heterocycles. The van der Waals surface area contributed by atoms with Crippen molar-refractivity contribution in [1.29, 1.82) is 0 Å². The van der Waals surface area contributed by atoms with Crippen LogP contribution in [0.4, 0.5) is 8.78 Å². The molecule has 1 aromatic carbocycles. The smallest absolute Gasteiger partial charge is 0.338 e. The van der Waals surface area contributed by atoms with Gasteiger partial charge in [0.15, 0.2) is 0 Å². The van der Waals surface area contributed by atoms with Crippen LogP contribution in [0.2, 0.25) is 0 Å². The van der Waals surface area contributed by atoms with Crippen molar-refractivity contribution in [3.05, 3.63) is 47.8 Å². The monoisotopic (exact) mass is 306 g/mol. The van der Waals surface area contributed by atoms with Crippen LogP contribution in [0.15, 0.2) is 36.7 Å². The van der Waals surface area contributed by atoms with Crippen molar-refractivity contribution in [2.24, 2.45) is 14.1 Å². The number of methoxy groups -OCH3 is 1. The molecule has 0 fully saturated rings. The van der Waals surface area contributed by atoms with Crippen LogP contribution in [0.5, 0.6) is 0 Å². The predicted octanol–water partition coefficient (Wildman–Crippen LogP) is 0.801. The second-order valence-electron chi connectivity index (χ2n) is 5.11. The average Bonchev–Trinajstić information content (AvgIpc) is 2.78. The topological polar surface area (TPSA) is 35.1 Å². The highest BCUT2D eigenvalue weighted by atomic mass is 19.3. The van der Waals surface area contributed by atoms with Gasteiger partial charge in [-0.15, -0.1) is 0 Å². The molecule has 2 aromatic rings. The molecule has 2 rings (SSSR count). The highest BCUT2D eigenvalue weighted by Crippen LogP contribution is 2.21. The largest absolute Gasteiger partial charge is 0.465 e. The second kappa shape index (κ2) is 6.29. The number of ether oxygens (including phenoxy) is 1. The van der Waals surface area contributed by atoms with Gasteiger partial charge in [-0.3, -0.25) is 17.9 Å². The van der Waals surface area contributed by atoms with Crippen molar-refractivity contribution in [1.82, 2.24) is 4.57 Å². The lowest BCUT2D eigenvalue weighted by atomic mass is 9.66. The van der Waals surface area contributed by atoms with Crippen LogP contribution in [0, 0.1) is 0 Å². The molecule has 0 saturated carbocycles. The fourth-order valence-corrected chi connectivity index (χ4v) is 2.28. The number of benzene rings is 1. The minimum absolute atomic E-state index is 0.161. The molecule has 0 atom stereocenters. The highest BCUT2D eigenvalue weighted by Gasteiger charge is 2.24. The highest BCUT2D eigenvalue weighted by molar-refractivity contribution is 6.53. The van der Waals surface area contributed by atoms with Gasteiger partial charge < -0.3 is 4.74 Å². The molecule has 116 valence electrons. The van der Waals surface area contributed by atoms with E-state index in [-0.39, 0.29) is 11.1 Å². The van der Waals surface area contributed by atoms with E-state index in [1.807, 2.05) is 0 Å². The fraction of sp³-hybridized carbons (Fsp3) is 0.333. The van der Waals surface area contributed by atoms with Crippen LogP contribution in [-0.2, 0) is 25.3 Å². The van der Waals surface area contributed by atoms with Crippen LogP contribution in [0.3, 0.4) is 0 Å². The maximum atomic E-state index is 14.3. The average molecular weight is 306 g/mol. The first-order valence-corrected chi connectivity index (χ1v) is 6.75. The first kappa shape index (κ1) is 16.2. The van der Waals surface area contributed by atoms with E-state index in [2.05, 4.69) is 4.74 Å². The number of hydrogen-bond donors (Lipinski definition) is 0. The van der Waals surface area contributed by atoms with E-state index >= 15 is 0 Å². The van der Waals surface area contributed by atoms with E-state index < -0.39 is 18.2 Å². The molecule has 0 aliphatic carbocycles. The van der Waals surface area contributed by atoms with Crippen molar-refractivity contribution in [2.45, 2.75) is 12.2 Å². The van der Waals surface area contributed by atoms with Crippen molar-refractivity contribution in [3.8, 4) is 0 Å². The summed E-state index contributed by atoms with van der Waals surface area (Å²) in [6.07, 6.45) is 2.83. The van der Waals surface area contributed by atoms with E-state index in [0.29, 0.717) is 5.72 Å². The van der Waals surface area contributed by atoms with Crippen molar-refractivity contribution in [3.63, 3.8) is 0 Å². The number of carbonyl (C=O) groups excluding carboxylic acids is 1. The summed E-state index contributed by atoms with van der Waals surface area (Å²) in [5, 5.41) is 0. The van der Waals surface area contributed by atoms with Crippen molar-refractivity contribution >= 4 is 19.0 Å². The molecule has 7 heteroatoms. The van der Waals surface area contributed by atoms with Gasteiger partial charge in [0, 0.05) is 5.72 Å². The summed E-state index contributed by atoms with van der Waals surface area (Å²) in [6.45, 7) is 0. The molecule has 2 radical (unpaired) electrons. The van der Waals surface area contributed by atoms with E-state index in [1.165, 1.54) is 19.2 Å². The van der Waals surface area contributed by atoms with Gasteiger partial charge in [0.05, 0.1) is 32.6 Å². The lowest BCUT2D eigenvalue weighted by molar-refractivity contribution is -0.653. The SMILES string of the molecule is COC(=O)c1ccccc1CC(F)(F)[B-]c1n(C)cc[n+]1C. The van der Waals surface area contributed by atoms with Crippen molar-refractivity contribution in [2.75, 3.05) is 7.11 Å². The molecule has 0 bridgehead atoms. The number of aryl methyl sites for hydroxylation is 2. The Morgan fingerprint density at radius 1 is 1.41 bits per heavy atom. The molecule has 22 heavy (non-hydrogen) atoms. The van der Waals surface area contributed by atoms with Gasteiger partial charge in [-0.2, -0.15) is 0 Å². The summed E-state index contributed by atoms with van der Waals surface area (Å²) >= 11 is 0. The second-order valence-corrected chi connectivity index (χ2v) is 5.11. The fourth-order valence-electron chi connectivity index (χ4n) is 2.28. The Bertz CT molecular complexity index is 666. The minimum atomic E-state index is -3.09. The third-order valence-corrected chi connectivity index (χ3v) is 3.43. The lowest BCUT2D eigenvalue weighted by Gasteiger charge is -2.27. The molecule has 0 spiro atoms. The molecule has 0 amide bonds. The summed E-state index contributed by atoms with van der Waals surface area (Å²) in [5.74, 6) is -3.70. The van der Waals surface area contributed by atoms with Gasteiger partial charge >= 0.3 is 5.97 Å². The third-order valence-electron chi connectivity index (χ3n) is 3.43. The third kappa shape index (κ3) is 3.53. The maximum absolute atomic E-state index is 14.3. The number of imidazole rings is 1. The minimum Gasteiger partial charge on any atom is -0.465 e. The number of rotatable bonds is 5. The lowest BCUT2D eigenvalue weighted by Crippen LogP contribution is -2.55. The zero-order chi connectivity index (χ0) is 16.3. The van der Waals surface area contributed by atoms with Crippen LogP contribution < -0.4 is 10.3 Å². The molecule has 4 nitrogen and oxygen atoms in total. The van der Waals surface area contributed by atoms with Gasteiger partial charge in [-0.25, -0.2) is 4.79 Å². The van der Waals surface area contributed by atoms with E-state index in [4.69, 9.17) is 0 Å². The van der Waals surface area contributed by atoms with Gasteiger partial charge in [-0.1, -0.05) is 25.5 Å². The molecule has 0 unspecified atom stereocenters. The number of hydrogen-bond acceptors (Lipinski definition) is 2. The number of aromatic nitrogens is 2.